The van der Waals surface area contributed by atoms with Gasteiger partial charge in [0.2, 0.25) is 5.89 Å². The van der Waals surface area contributed by atoms with Crippen molar-refractivity contribution in [2.75, 3.05) is 26.2 Å². The Hall–Kier alpha value is -1.43. The largest absolute Gasteiger partial charge is 0.339 e. The van der Waals surface area contributed by atoms with Crippen LogP contribution in [-0.2, 0) is 0 Å². The number of hydrogen-bond acceptors (Lipinski definition) is 5. The summed E-state index contributed by atoms with van der Waals surface area (Å²) in [7, 11) is 0. The lowest BCUT2D eigenvalue weighted by atomic mass is 10.0. The molecule has 6 nitrogen and oxygen atoms in total. The maximum Gasteiger partial charge on any atom is 0.295 e. The quantitative estimate of drug-likeness (QED) is 0.800. The van der Waals surface area contributed by atoms with Gasteiger partial charge >= 0.3 is 0 Å². The van der Waals surface area contributed by atoms with Gasteiger partial charge in [-0.2, -0.15) is 4.98 Å². The molecule has 1 unspecified atom stereocenters. The molecule has 0 bridgehead atoms. The molecule has 3 heterocycles. The first-order valence-electron chi connectivity index (χ1n) is 7.07. The van der Waals surface area contributed by atoms with Gasteiger partial charge in [0.15, 0.2) is 0 Å². The Labute approximate surface area is 112 Å². The highest BCUT2D eigenvalue weighted by molar-refractivity contribution is 5.90. The fourth-order valence-corrected chi connectivity index (χ4v) is 3.07. The van der Waals surface area contributed by atoms with Crippen molar-refractivity contribution in [1.29, 1.82) is 0 Å². The minimum atomic E-state index is -0.0965. The van der Waals surface area contributed by atoms with Crippen LogP contribution in [0, 0.1) is 6.92 Å². The number of carbonyl (C=O) groups excluding carboxylic acids is 1. The van der Waals surface area contributed by atoms with E-state index in [0.29, 0.717) is 11.9 Å². The van der Waals surface area contributed by atoms with Gasteiger partial charge in [-0.15, -0.1) is 0 Å². The Bertz CT molecular complexity index is 453. The van der Waals surface area contributed by atoms with E-state index in [1.807, 2.05) is 4.90 Å². The third-order valence-electron chi connectivity index (χ3n) is 4.06. The van der Waals surface area contributed by atoms with Crippen molar-refractivity contribution in [3.8, 4) is 0 Å². The second-order valence-corrected chi connectivity index (χ2v) is 5.43. The first kappa shape index (κ1) is 12.6. The summed E-state index contributed by atoms with van der Waals surface area (Å²) in [5, 5.41) is 3.72. The van der Waals surface area contributed by atoms with Gasteiger partial charge in [0.25, 0.3) is 11.7 Å². The Morgan fingerprint density at radius 3 is 2.74 bits per heavy atom. The van der Waals surface area contributed by atoms with Crippen molar-refractivity contribution >= 4 is 5.91 Å². The van der Waals surface area contributed by atoms with Gasteiger partial charge in [-0.25, -0.2) is 0 Å². The maximum atomic E-state index is 12.3. The van der Waals surface area contributed by atoms with Gasteiger partial charge in [0.1, 0.15) is 0 Å². The standard InChI is InChI=1S/C13H20N4O2/c1-10-14-12(15-19-10)13(18)17-8-4-5-11(9-17)16-6-2-3-7-16/h11H,2-9H2,1H3. The molecular formula is C13H20N4O2. The van der Waals surface area contributed by atoms with Crippen LogP contribution >= 0.6 is 0 Å². The van der Waals surface area contributed by atoms with Crippen molar-refractivity contribution in [3.05, 3.63) is 11.7 Å². The van der Waals surface area contributed by atoms with Crippen LogP contribution in [0.5, 0.6) is 0 Å². The molecule has 1 amide bonds. The maximum absolute atomic E-state index is 12.3. The molecule has 1 atom stereocenters. The number of carbonyl (C=O) groups is 1. The molecule has 3 rings (SSSR count). The van der Waals surface area contributed by atoms with Gasteiger partial charge < -0.3 is 9.42 Å². The first-order valence-corrected chi connectivity index (χ1v) is 7.07. The zero-order chi connectivity index (χ0) is 13.2. The second-order valence-electron chi connectivity index (χ2n) is 5.43. The van der Waals surface area contributed by atoms with E-state index in [4.69, 9.17) is 4.52 Å². The van der Waals surface area contributed by atoms with Gasteiger partial charge in [-0.1, -0.05) is 5.16 Å². The van der Waals surface area contributed by atoms with E-state index in [1.165, 1.54) is 32.4 Å². The van der Waals surface area contributed by atoms with E-state index < -0.39 is 0 Å². The Balaban J connectivity index is 1.65. The topological polar surface area (TPSA) is 62.5 Å². The molecular weight excluding hydrogens is 244 g/mol. The average Bonchev–Trinajstić information content (AvgIpc) is 3.09. The summed E-state index contributed by atoms with van der Waals surface area (Å²) < 4.78 is 4.88. The van der Waals surface area contributed by atoms with Gasteiger partial charge in [-0.05, 0) is 38.8 Å². The monoisotopic (exact) mass is 264 g/mol. The molecule has 2 aliphatic rings. The van der Waals surface area contributed by atoms with Gasteiger partial charge in [-0.3, -0.25) is 9.69 Å². The molecule has 6 heteroatoms. The number of hydrogen-bond donors (Lipinski definition) is 0. The molecule has 0 saturated carbocycles. The summed E-state index contributed by atoms with van der Waals surface area (Å²) in [4.78, 5) is 20.7. The predicted molar refractivity (Wildman–Crippen MR) is 68.8 cm³/mol. The van der Waals surface area contributed by atoms with Crippen LogP contribution in [0.25, 0.3) is 0 Å². The summed E-state index contributed by atoms with van der Waals surface area (Å²) >= 11 is 0. The van der Waals surface area contributed by atoms with E-state index >= 15 is 0 Å². The zero-order valence-corrected chi connectivity index (χ0v) is 11.3. The highest BCUT2D eigenvalue weighted by atomic mass is 16.5. The van der Waals surface area contributed by atoms with Crippen LogP contribution in [-0.4, -0.2) is 58.1 Å². The summed E-state index contributed by atoms with van der Waals surface area (Å²) in [6.07, 6.45) is 4.82. The lowest BCUT2D eigenvalue weighted by Gasteiger charge is -2.37. The number of amides is 1. The molecule has 0 aliphatic carbocycles. The summed E-state index contributed by atoms with van der Waals surface area (Å²) in [6, 6.07) is 0.508. The molecule has 2 aliphatic heterocycles. The van der Waals surface area contributed by atoms with Crippen molar-refractivity contribution < 1.29 is 9.32 Å². The molecule has 0 aromatic carbocycles. The van der Waals surface area contributed by atoms with E-state index in [2.05, 4.69) is 15.0 Å². The normalized spacial score (nSPS) is 24.9. The number of nitrogens with zero attached hydrogens (tertiary/aromatic N) is 4. The van der Waals surface area contributed by atoms with Crippen LogP contribution in [0.4, 0.5) is 0 Å². The lowest BCUT2D eigenvalue weighted by molar-refractivity contribution is 0.0593. The number of aromatic nitrogens is 2. The molecule has 2 saturated heterocycles. The lowest BCUT2D eigenvalue weighted by Crippen LogP contribution is -2.49. The van der Waals surface area contributed by atoms with Crippen molar-refractivity contribution in [2.45, 2.75) is 38.6 Å². The molecule has 19 heavy (non-hydrogen) atoms. The number of likely N-dealkylation sites (tertiary alicyclic amines) is 2. The summed E-state index contributed by atoms with van der Waals surface area (Å²) in [6.45, 7) is 5.65. The third-order valence-corrected chi connectivity index (χ3v) is 4.06. The molecule has 0 spiro atoms. The van der Waals surface area contributed by atoms with E-state index in [1.54, 1.807) is 6.92 Å². The fraction of sp³-hybridized carbons (Fsp3) is 0.769. The van der Waals surface area contributed by atoms with E-state index in [0.717, 1.165) is 19.5 Å². The number of aryl methyl sites for hydroxylation is 1. The SMILES string of the molecule is Cc1nc(C(=O)N2CCCC(N3CCCC3)C2)no1. The Morgan fingerprint density at radius 2 is 2.05 bits per heavy atom. The van der Waals surface area contributed by atoms with Crippen LogP contribution in [0.3, 0.4) is 0 Å². The number of rotatable bonds is 2. The van der Waals surface area contributed by atoms with Gasteiger partial charge in [0, 0.05) is 26.1 Å². The molecule has 104 valence electrons. The Morgan fingerprint density at radius 1 is 1.26 bits per heavy atom. The molecule has 1 aromatic heterocycles. The molecule has 1 aromatic rings. The van der Waals surface area contributed by atoms with E-state index in [-0.39, 0.29) is 11.7 Å². The summed E-state index contributed by atoms with van der Waals surface area (Å²) in [5.41, 5.74) is 0. The smallest absolute Gasteiger partial charge is 0.295 e. The van der Waals surface area contributed by atoms with E-state index in [9.17, 15) is 4.79 Å². The summed E-state index contributed by atoms with van der Waals surface area (Å²) in [5.74, 6) is 0.539. The zero-order valence-electron chi connectivity index (χ0n) is 11.3. The first-order chi connectivity index (χ1) is 9.24. The van der Waals surface area contributed by atoms with Crippen LogP contribution < -0.4 is 0 Å². The van der Waals surface area contributed by atoms with Crippen LogP contribution in [0.2, 0.25) is 0 Å². The van der Waals surface area contributed by atoms with Crippen LogP contribution in [0.15, 0.2) is 4.52 Å². The average molecular weight is 264 g/mol. The highest BCUT2D eigenvalue weighted by Crippen LogP contribution is 2.21. The fourth-order valence-electron chi connectivity index (χ4n) is 3.07. The van der Waals surface area contributed by atoms with Crippen molar-refractivity contribution in [3.63, 3.8) is 0 Å². The van der Waals surface area contributed by atoms with Crippen LogP contribution in [0.1, 0.15) is 42.2 Å². The Kier molecular flexibility index (Phi) is 3.50. The molecule has 2 fully saturated rings. The highest BCUT2D eigenvalue weighted by Gasteiger charge is 2.31. The molecule has 0 N–H and O–H groups in total. The van der Waals surface area contributed by atoms with Crippen molar-refractivity contribution in [1.82, 2.24) is 19.9 Å². The predicted octanol–water partition coefficient (Wildman–Crippen LogP) is 1.08. The molecule has 0 radical (unpaired) electrons. The van der Waals surface area contributed by atoms with Gasteiger partial charge in [0.05, 0.1) is 0 Å². The van der Waals surface area contributed by atoms with Crippen molar-refractivity contribution in [2.24, 2.45) is 0 Å². The minimum Gasteiger partial charge on any atom is -0.339 e. The minimum absolute atomic E-state index is 0.0965. The third kappa shape index (κ3) is 2.63. The number of piperidine rings is 1. The second kappa shape index (κ2) is 5.28.